The lowest BCUT2D eigenvalue weighted by Gasteiger charge is -2.44. The lowest BCUT2D eigenvalue weighted by Crippen LogP contribution is -2.61. The van der Waals surface area contributed by atoms with E-state index in [-0.39, 0.29) is 17.2 Å². The molecule has 2 fully saturated rings. The number of carbonyl (C=O) groups is 2. The predicted molar refractivity (Wildman–Crippen MR) is 107 cm³/mol. The number of phenolic OH excluding ortho intramolecular Hbond substituents is 1. The molecule has 2 aliphatic rings. The summed E-state index contributed by atoms with van der Waals surface area (Å²) in [5.74, 6) is -1.40. The summed E-state index contributed by atoms with van der Waals surface area (Å²) < 4.78 is 13.3. The smallest absolute Gasteiger partial charge is 0.258 e. The van der Waals surface area contributed by atoms with Crippen LogP contribution in [0.3, 0.4) is 0 Å². The molecular formula is C23H25FN2O3. The average molecular weight is 396 g/mol. The first kappa shape index (κ1) is 19.4. The monoisotopic (exact) mass is 396 g/mol. The van der Waals surface area contributed by atoms with E-state index in [0.29, 0.717) is 32.5 Å². The molecule has 5 nitrogen and oxygen atoms in total. The van der Waals surface area contributed by atoms with E-state index in [0.717, 1.165) is 31.4 Å². The number of benzene rings is 2. The number of phenols is 1. The van der Waals surface area contributed by atoms with Crippen molar-refractivity contribution in [2.45, 2.75) is 37.6 Å². The van der Waals surface area contributed by atoms with Crippen LogP contribution in [-0.2, 0) is 11.2 Å². The third-order valence-corrected chi connectivity index (χ3v) is 6.14. The van der Waals surface area contributed by atoms with Crippen LogP contribution in [0.4, 0.5) is 4.39 Å². The second-order valence-corrected chi connectivity index (χ2v) is 7.88. The number of likely N-dealkylation sites (tertiary alicyclic amines) is 2. The molecule has 1 unspecified atom stereocenters. The molecule has 0 radical (unpaired) electrons. The summed E-state index contributed by atoms with van der Waals surface area (Å²) in [7, 11) is 0. The summed E-state index contributed by atoms with van der Waals surface area (Å²) >= 11 is 0. The predicted octanol–water partition coefficient (Wildman–Crippen LogP) is 3.37. The van der Waals surface area contributed by atoms with Gasteiger partial charge in [-0.1, -0.05) is 30.3 Å². The highest BCUT2D eigenvalue weighted by molar-refractivity contribution is 6.01. The zero-order chi connectivity index (χ0) is 20.4. The minimum atomic E-state index is -0.854. The van der Waals surface area contributed by atoms with Gasteiger partial charge in [-0.15, -0.1) is 0 Å². The number of carbonyl (C=O) groups excluding carboxylic acids is 2. The van der Waals surface area contributed by atoms with Crippen molar-refractivity contribution in [2.24, 2.45) is 0 Å². The van der Waals surface area contributed by atoms with Gasteiger partial charge in [-0.3, -0.25) is 9.59 Å². The van der Waals surface area contributed by atoms with Crippen LogP contribution < -0.4 is 0 Å². The maximum Gasteiger partial charge on any atom is 0.258 e. The van der Waals surface area contributed by atoms with E-state index in [1.54, 1.807) is 4.90 Å². The fourth-order valence-electron chi connectivity index (χ4n) is 4.68. The van der Waals surface area contributed by atoms with Crippen molar-refractivity contribution < 1.29 is 19.1 Å². The Hall–Kier alpha value is -2.89. The number of halogens is 1. The Morgan fingerprint density at radius 3 is 2.52 bits per heavy atom. The fourth-order valence-corrected chi connectivity index (χ4v) is 4.68. The van der Waals surface area contributed by atoms with E-state index in [2.05, 4.69) is 0 Å². The molecule has 2 saturated heterocycles. The van der Waals surface area contributed by atoms with Gasteiger partial charge in [0.2, 0.25) is 5.91 Å². The number of amides is 2. The second kappa shape index (κ2) is 7.85. The highest BCUT2D eigenvalue weighted by Crippen LogP contribution is 2.40. The zero-order valence-corrected chi connectivity index (χ0v) is 16.3. The maximum atomic E-state index is 13.5. The molecule has 0 bridgehead atoms. The first-order valence-electron chi connectivity index (χ1n) is 10.1. The number of aromatic hydroxyl groups is 1. The highest BCUT2D eigenvalue weighted by Gasteiger charge is 2.52. The maximum absolute atomic E-state index is 13.5. The first-order valence-corrected chi connectivity index (χ1v) is 10.1. The Labute approximate surface area is 169 Å². The van der Waals surface area contributed by atoms with Gasteiger partial charge in [-0.05, 0) is 49.8 Å². The summed E-state index contributed by atoms with van der Waals surface area (Å²) in [6.45, 7) is 1.78. The minimum Gasteiger partial charge on any atom is -0.507 e. The standard InChI is InChI=1S/C23H25FN2O3/c24-18-8-9-19(20(27)16-18)21(28)26-14-5-12-23(26)11-4-13-25(22(23)29)15-10-17-6-2-1-3-7-17/h1-3,6-9,16,27H,4-5,10-15H2. The van der Waals surface area contributed by atoms with Crippen LogP contribution in [0.15, 0.2) is 48.5 Å². The van der Waals surface area contributed by atoms with Gasteiger partial charge in [0, 0.05) is 25.7 Å². The molecule has 1 N–H and O–H groups in total. The van der Waals surface area contributed by atoms with Crippen LogP contribution in [-0.4, -0.2) is 51.9 Å². The van der Waals surface area contributed by atoms with Gasteiger partial charge in [-0.2, -0.15) is 0 Å². The highest BCUT2D eigenvalue weighted by atomic mass is 19.1. The third-order valence-electron chi connectivity index (χ3n) is 6.14. The molecule has 4 rings (SSSR count). The van der Waals surface area contributed by atoms with Crippen molar-refractivity contribution in [2.75, 3.05) is 19.6 Å². The minimum absolute atomic E-state index is 0.00728. The van der Waals surface area contributed by atoms with Crippen LogP contribution in [0.25, 0.3) is 0 Å². The average Bonchev–Trinajstić information content (AvgIpc) is 3.14. The number of nitrogens with zero attached hydrogens (tertiary/aromatic N) is 2. The number of hydrogen-bond donors (Lipinski definition) is 1. The number of rotatable bonds is 4. The molecule has 2 heterocycles. The molecule has 152 valence electrons. The Morgan fingerprint density at radius 2 is 1.79 bits per heavy atom. The molecule has 2 aliphatic heterocycles. The van der Waals surface area contributed by atoms with Crippen molar-refractivity contribution in [1.29, 1.82) is 0 Å². The van der Waals surface area contributed by atoms with Gasteiger partial charge in [-0.25, -0.2) is 4.39 Å². The van der Waals surface area contributed by atoms with Crippen molar-refractivity contribution in [3.05, 3.63) is 65.5 Å². The summed E-state index contributed by atoms with van der Waals surface area (Å²) in [6.07, 6.45) is 3.60. The molecule has 0 saturated carbocycles. The van der Waals surface area contributed by atoms with Gasteiger partial charge in [0.15, 0.2) is 0 Å². The Bertz CT molecular complexity index is 918. The van der Waals surface area contributed by atoms with Crippen molar-refractivity contribution >= 4 is 11.8 Å². The number of hydrogen-bond acceptors (Lipinski definition) is 3. The van der Waals surface area contributed by atoms with Gasteiger partial charge in [0.25, 0.3) is 5.91 Å². The van der Waals surface area contributed by atoms with E-state index in [9.17, 15) is 19.1 Å². The zero-order valence-electron chi connectivity index (χ0n) is 16.3. The first-order chi connectivity index (χ1) is 14.0. The number of piperidine rings is 1. The van der Waals surface area contributed by atoms with Crippen LogP contribution in [0.5, 0.6) is 5.75 Å². The molecule has 0 aliphatic carbocycles. The van der Waals surface area contributed by atoms with Crippen LogP contribution in [0, 0.1) is 5.82 Å². The SMILES string of the molecule is O=C(c1ccc(F)cc1O)N1CCCC12CCCN(CCc1ccccc1)C2=O. The Balaban J connectivity index is 1.54. The van der Waals surface area contributed by atoms with E-state index in [1.165, 1.54) is 11.6 Å². The Kier molecular flexibility index (Phi) is 5.26. The van der Waals surface area contributed by atoms with E-state index < -0.39 is 17.3 Å². The summed E-state index contributed by atoms with van der Waals surface area (Å²) in [6, 6.07) is 13.4. The van der Waals surface area contributed by atoms with E-state index >= 15 is 0 Å². The summed E-state index contributed by atoms with van der Waals surface area (Å²) in [5, 5.41) is 10.1. The summed E-state index contributed by atoms with van der Waals surface area (Å²) in [4.78, 5) is 30.1. The van der Waals surface area contributed by atoms with Crippen molar-refractivity contribution in [3.63, 3.8) is 0 Å². The lowest BCUT2D eigenvalue weighted by molar-refractivity contribution is -0.145. The van der Waals surface area contributed by atoms with Gasteiger partial charge in [0.05, 0.1) is 5.56 Å². The van der Waals surface area contributed by atoms with Crippen LogP contribution in [0.1, 0.15) is 41.6 Å². The topological polar surface area (TPSA) is 60.9 Å². The van der Waals surface area contributed by atoms with E-state index in [4.69, 9.17) is 0 Å². The molecular weight excluding hydrogens is 371 g/mol. The van der Waals surface area contributed by atoms with Crippen molar-refractivity contribution in [1.82, 2.24) is 9.80 Å². The fraction of sp³-hybridized carbons (Fsp3) is 0.391. The summed E-state index contributed by atoms with van der Waals surface area (Å²) in [5.41, 5.74) is 0.365. The largest absolute Gasteiger partial charge is 0.507 e. The van der Waals surface area contributed by atoms with Crippen molar-refractivity contribution in [3.8, 4) is 5.75 Å². The molecule has 6 heteroatoms. The normalized spacial score (nSPS) is 21.8. The van der Waals surface area contributed by atoms with Crippen LogP contribution in [0.2, 0.25) is 0 Å². The van der Waals surface area contributed by atoms with Gasteiger partial charge in [0.1, 0.15) is 17.1 Å². The molecule has 1 atom stereocenters. The molecule has 2 aromatic carbocycles. The van der Waals surface area contributed by atoms with Crippen LogP contribution >= 0.6 is 0 Å². The lowest BCUT2D eigenvalue weighted by atomic mass is 9.84. The van der Waals surface area contributed by atoms with Gasteiger partial charge < -0.3 is 14.9 Å². The second-order valence-electron chi connectivity index (χ2n) is 7.88. The molecule has 0 aromatic heterocycles. The quantitative estimate of drug-likeness (QED) is 0.862. The van der Waals surface area contributed by atoms with Gasteiger partial charge >= 0.3 is 0 Å². The third kappa shape index (κ3) is 3.59. The van der Waals surface area contributed by atoms with E-state index in [1.807, 2.05) is 35.2 Å². The Morgan fingerprint density at radius 1 is 1.07 bits per heavy atom. The molecule has 29 heavy (non-hydrogen) atoms. The molecule has 1 spiro atoms. The molecule has 2 amide bonds. The molecule has 2 aromatic rings.